The lowest BCUT2D eigenvalue weighted by Crippen LogP contribution is -2.51. The van der Waals surface area contributed by atoms with Gasteiger partial charge in [0.2, 0.25) is 5.91 Å². The van der Waals surface area contributed by atoms with Gasteiger partial charge in [0, 0.05) is 25.2 Å². The van der Waals surface area contributed by atoms with Gasteiger partial charge in [-0.25, -0.2) is 0 Å². The zero-order valence-corrected chi connectivity index (χ0v) is 11.4. The molecule has 0 aromatic rings. The van der Waals surface area contributed by atoms with Crippen molar-refractivity contribution < 1.29 is 9.90 Å². The van der Waals surface area contributed by atoms with E-state index >= 15 is 0 Å². The molecule has 1 aliphatic rings. The van der Waals surface area contributed by atoms with E-state index in [1.807, 2.05) is 18.7 Å². The van der Waals surface area contributed by atoms with E-state index in [1.54, 1.807) is 0 Å². The molecular formula is C13H26N2O2. The zero-order chi connectivity index (χ0) is 12.8. The summed E-state index contributed by atoms with van der Waals surface area (Å²) in [7, 11) is 0. The van der Waals surface area contributed by atoms with Crippen molar-refractivity contribution in [2.45, 2.75) is 52.1 Å². The van der Waals surface area contributed by atoms with Gasteiger partial charge >= 0.3 is 0 Å². The lowest BCUT2D eigenvalue weighted by Gasteiger charge is -2.40. The van der Waals surface area contributed by atoms with Crippen molar-refractivity contribution in [1.82, 2.24) is 9.80 Å². The summed E-state index contributed by atoms with van der Waals surface area (Å²) in [5.41, 5.74) is 0. The van der Waals surface area contributed by atoms with Crippen LogP contribution in [0.1, 0.15) is 40.0 Å². The molecule has 100 valence electrons. The monoisotopic (exact) mass is 242 g/mol. The number of nitrogens with zero attached hydrogens (tertiary/aromatic N) is 2. The smallest absolute Gasteiger partial charge is 0.236 e. The summed E-state index contributed by atoms with van der Waals surface area (Å²) >= 11 is 0. The second-order valence-electron chi connectivity index (χ2n) is 4.85. The van der Waals surface area contributed by atoms with Crippen molar-refractivity contribution in [3.05, 3.63) is 0 Å². The first-order chi connectivity index (χ1) is 8.13. The van der Waals surface area contributed by atoms with Gasteiger partial charge in [-0.2, -0.15) is 0 Å². The van der Waals surface area contributed by atoms with Crippen molar-refractivity contribution in [2.75, 3.05) is 26.2 Å². The van der Waals surface area contributed by atoms with Crippen LogP contribution in [0.4, 0.5) is 0 Å². The topological polar surface area (TPSA) is 43.8 Å². The van der Waals surface area contributed by atoms with Gasteiger partial charge in [-0.15, -0.1) is 0 Å². The van der Waals surface area contributed by atoms with Crippen LogP contribution in [0, 0.1) is 0 Å². The third kappa shape index (κ3) is 3.68. The standard InChI is InChI=1S/C13H26N2O2/c1-4-14(5-2)13(17)9-15-11(3)7-6-8-12(15)10-16/h11-12,16H,4-10H2,1-3H3. The number of likely N-dealkylation sites (N-methyl/N-ethyl adjacent to an activating group) is 1. The van der Waals surface area contributed by atoms with E-state index in [4.69, 9.17) is 0 Å². The normalized spacial score (nSPS) is 25.9. The maximum Gasteiger partial charge on any atom is 0.236 e. The van der Waals surface area contributed by atoms with Crippen LogP contribution in [0.5, 0.6) is 0 Å². The summed E-state index contributed by atoms with van der Waals surface area (Å²) < 4.78 is 0. The van der Waals surface area contributed by atoms with Crippen molar-refractivity contribution in [3.63, 3.8) is 0 Å². The van der Waals surface area contributed by atoms with E-state index in [9.17, 15) is 9.90 Å². The van der Waals surface area contributed by atoms with Gasteiger partial charge < -0.3 is 10.0 Å². The maximum absolute atomic E-state index is 12.1. The Hall–Kier alpha value is -0.610. The lowest BCUT2D eigenvalue weighted by molar-refractivity contribution is -0.134. The predicted molar refractivity (Wildman–Crippen MR) is 68.8 cm³/mol. The number of amides is 1. The van der Waals surface area contributed by atoms with Gasteiger partial charge in [-0.05, 0) is 33.6 Å². The highest BCUT2D eigenvalue weighted by Crippen LogP contribution is 2.22. The van der Waals surface area contributed by atoms with Crippen molar-refractivity contribution in [1.29, 1.82) is 0 Å². The van der Waals surface area contributed by atoms with Crippen molar-refractivity contribution in [3.8, 4) is 0 Å². The van der Waals surface area contributed by atoms with E-state index in [0.29, 0.717) is 12.6 Å². The predicted octanol–water partition coefficient (Wildman–Crippen LogP) is 1.09. The summed E-state index contributed by atoms with van der Waals surface area (Å²) in [6, 6.07) is 0.568. The van der Waals surface area contributed by atoms with Crippen LogP contribution in [-0.2, 0) is 4.79 Å². The fourth-order valence-electron chi connectivity index (χ4n) is 2.65. The van der Waals surface area contributed by atoms with Crippen LogP contribution in [0.15, 0.2) is 0 Å². The summed E-state index contributed by atoms with van der Waals surface area (Å²) in [6.07, 6.45) is 3.29. The second-order valence-corrected chi connectivity index (χ2v) is 4.85. The molecule has 0 aromatic heterocycles. The molecule has 1 amide bonds. The molecule has 0 saturated carbocycles. The van der Waals surface area contributed by atoms with E-state index in [1.165, 1.54) is 0 Å². The fraction of sp³-hybridized carbons (Fsp3) is 0.923. The minimum absolute atomic E-state index is 0.163. The molecule has 1 aliphatic heterocycles. The number of rotatable bonds is 5. The molecule has 1 saturated heterocycles. The molecule has 1 heterocycles. The van der Waals surface area contributed by atoms with E-state index < -0.39 is 0 Å². The molecule has 1 fully saturated rings. The Bertz CT molecular complexity index is 242. The molecule has 4 nitrogen and oxygen atoms in total. The number of hydrogen-bond donors (Lipinski definition) is 1. The Labute approximate surface area is 105 Å². The Morgan fingerprint density at radius 1 is 1.35 bits per heavy atom. The summed E-state index contributed by atoms with van der Waals surface area (Å²) in [5.74, 6) is 0.183. The maximum atomic E-state index is 12.1. The molecule has 0 aromatic carbocycles. The van der Waals surface area contributed by atoms with Crippen LogP contribution in [0.3, 0.4) is 0 Å². The van der Waals surface area contributed by atoms with Gasteiger partial charge in [0.25, 0.3) is 0 Å². The summed E-state index contributed by atoms with van der Waals surface area (Å²) in [5, 5.41) is 9.38. The Morgan fingerprint density at radius 3 is 2.53 bits per heavy atom. The Balaban J connectivity index is 2.60. The fourth-order valence-corrected chi connectivity index (χ4v) is 2.65. The molecule has 2 atom stereocenters. The van der Waals surface area contributed by atoms with Crippen LogP contribution < -0.4 is 0 Å². The third-order valence-corrected chi connectivity index (χ3v) is 3.84. The van der Waals surface area contributed by atoms with Crippen LogP contribution in [0.25, 0.3) is 0 Å². The van der Waals surface area contributed by atoms with E-state index in [2.05, 4.69) is 11.8 Å². The SMILES string of the molecule is CCN(CC)C(=O)CN1C(C)CCCC1CO. The molecule has 0 bridgehead atoms. The van der Waals surface area contributed by atoms with Gasteiger partial charge in [-0.1, -0.05) is 6.42 Å². The highest BCUT2D eigenvalue weighted by molar-refractivity contribution is 5.78. The Morgan fingerprint density at radius 2 is 2.00 bits per heavy atom. The first-order valence-electron chi connectivity index (χ1n) is 6.78. The average molecular weight is 242 g/mol. The molecule has 1 N–H and O–H groups in total. The number of aliphatic hydroxyl groups is 1. The second kappa shape index (κ2) is 6.97. The average Bonchev–Trinajstić information content (AvgIpc) is 2.33. The first-order valence-corrected chi connectivity index (χ1v) is 6.78. The summed E-state index contributed by atoms with van der Waals surface area (Å²) in [6.45, 7) is 8.30. The first kappa shape index (κ1) is 14.5. The minimum Gasteiger partial charge on any atom is -0.395 e. The third-order valence-electron chi connectivity index (χ3n) is 3.84. The number of likely N-dealkylation sites (tertiary alicyclic amines) is 1. The highest BCUT2D eigenvalue weighted by Gasteiger charge is 2.29. The van der Waals surface area contributed by atoms with Crippen LogP contribution in [0.2, 0.25) is 0 Å². The van der Waals surface area contributed by atoms with Crippen molar-refractivity contribution in [2.24, 2.45) is 0 Å². The number of carbonyl (C=O) groups excluding carboxylic acids is 1. The molecule has 0 radical (unpaired) electrons. The largest absolute Gasteiger partial charge is 0.395 e. The summed E-state index contributed by atoms with van der Waals surface area (Å²) in [4.78, 5) is 16.1. The lowest BCUT2D eigenvalue weighted by atomic mass is 9.97. The molecule has 1 rings (SSSR count). The van der Waals surface area contributed by atoms with Gasteiger partial charge in [0.15, 0.2) is 0 Å². The molecule has 2 unspecified atom stereocenters. The highest BCUT2D eigenvalue weighted by atomic mass is 16.3. The molecule has 4 heteroatoms. The molecule has 0 spiro atoms. The molecule has 0 aliphatic carbocycles. The quantitative estimate of drug-likeness (QED) is 0.785. The van der Waals surface area contributed by atoms with Crippen LogP contribution in [-0.4, -0.2) is 59.1 Å². The molecular weight excluding hydrogens is 216 g/mol. The molecule has 17 heavy (non-hydrogen) atoms. The minimum atomic E-state index is 0.163. The number of carbonyl (C=O) groups is 1. The zero-order valence-electron chi connectivity index (χ0n) is 11.4. The number of piperidine rings is 1. The number of aliphatic hydroxyl groups excluding tert-OH is 1. The van der Waals surface area contributed by atoms with Gasteiger partial charge in [-0.3, -0.25) is 9.69 Å². The van der Waals surface area contributed by atoms with Crippen molar-refractivity contribution >= 4 is 5.91 Å². The van der Waals surface area contributed by atoms with Gasteiger partial charge in [0.05, 0.1) is 13.2 Å². The van der Waals surface area contributed by atoms with Crippen LogP contribution >= 0.6 is 0 Å². The van der Waals surface area contributed by atoms with E-state index in [0.717, 1.165) is 32.4 Å². The van der Waals surface area contributed by atoms with Gasteiger partial charge in [0.1, 0.15) is 0 Å². The Kier molecular flexibility index (Phi) is 5.92. The number of hydrogen-bond acceptors (Lipinski definition) is 3. The van der Waals surface area contributed by atoms with E-state index in [-0.39, 0.29) is 18.6 Å².